The molecule has 0 unspecified atom stereocenters. The van der Waals surface area contributed by atoms with Crippen molar-refractivity contribution >= 4 is 5.97 Å². The predicted molar refractivity (Wildman–Crippen MR) is 208 cm³/mol. The number of methoxy groups -OCH3 is 2. The van der Waals surface area contributed by atoms with Crippen molar-refractivity contribution in [2.45, 2.75) is 55.6 Å². The van der Waals surface area contributed by atoms with Crippen molar-refractivity contribution in [3.05, 3.63) is 165 Å². The van der Waals surface area contributed by atoms with Gasteiger partial charge in [0, 0.05) is 31.4 Å². The number of ether oxygens (including phenoxy) is 5. The third-order valence-corrected chi connectivity index (χ3v) is 10.7. The van der Waals surface area contributed by atoms with Gasteiger partial charge in [0.1, 0.15) is 29.3 Å². The number of hydrogen-bond donors (Lipinski definition) is 1. The minimum Gasteiger partial charge on any atom is -0.497 e. The van der Waals surface area contributed by atoms with Crippen LogP contribution in [-0.4, -0.2) is 72.6 Å². The van der Waals surface area contributed by atoms with Crippen molar-refractivity contribution in [3.8, 4) is 11.5 Å². The van der Waals surface area contributed by atoms with E-state index in [1.807, 2.05) is 84.9 Å². The molecule has 2 heterocycles. The van der Waals surface area contributed by atoms with Crippen LogP contribution in [0.3, 0.4) is 0 Å². The standard InChI is InChI=1S/C44H47N3O8/c1-51-37-22-18-34(19-23-37)44(33-14-8-4-9-15-33,35-20-24-38(52-2)25-21-35)54-31-43(30-53-41(49)32-12-6-3-7-13-32)29-46(36-16-10-5-11-17-36)28-40(55-43)47-27-26-39(48)45-42(47)50/h3-4,6-9,12-15,18-27,36,40H,5,10-11,16-17,28-31H2,1-2H3,(H,45,48,50)/t40-,43+/m1/s1. The molecule has 11 heteroatoms. The van der Waals surface area contributed by atoms with Crippen molar-refractivity contribution in [2.24, 2.45) is 0 Å². The summed E-state index contributed by atoms with van der Waals surface area (Å²) in [4.78, 5) is 43.8. The lowest BCUT2D eigenvalue weighted by Crippen LogP contribution is -2.62. The second kappa shape index (κ2) is 16.9. The fourth-order valence-corrected chi connectivity index (χ4v) is 7.89. The minimum absolute atomic E-state index is 0.0557. The minimum atomic E-state index is -1.28. The van der Waals surface area contributed by atoms with Gasteiger partial charge in [0.25, 0.3) is 5.56 Å². The van der Waals surface area contributed by atoms with E-state index in [0.29, 0.717) is 30.2 Å². The van der Waals surface area contributed by atoms with E-state index in [2.05, 4.69) is 9.88 Å². The number of nitrogens with one attached hydrogen (secondary N) is 1. The highest BCUT2D eigenvalue weighted by Gasteiger charge is 2.48. The van der Waals surface area contributed by atoms with Crippen molar-refractivity contribution in [2.75, 3.05) is 40.5 Å². The largest absolute Gasteiger partial charge is 0.497 e. The predicted octanol–water partition coefficient (Wildman–Crippen LogP) is 6.32. The summed E-state index contributed by atoms with van der Waals surface area (Å²) in [5, 5.41) is 0. The zero-order valence-corrected chi connectivity index (χ0v) is 31.2. The summed E-state index contributed by atoms with van der Waals surface area (Å²) in [6.45, 7) is 0.532. The molecule has 7 rings (SSSR count). The Hall–Kier alpha value is -5.49. The van der Waals surface area contributed by atoms with E-state index in [0.717, 1.165) is 48.8 Å². The third kappa shape index (κ3) is 8.29. The number of esters is 1. The molecule has 286 valence electrons. The molecule has 1 N–H and O–H groups in total. The van der Waals surface area contributed by atoms with Gasteiger partial charge in [0.05, 0.1) is 26.4 Å². The lowest BCUT2D eigenvalue weighted by molar-refractivity contribution is -0.236. The molecule has 1 aromatic heterocycles. The van der Waals surface area contributed by atoms with E-state index in [9.17, 15) is 14.4 Å². The van der Waals surface area contributed by atoms with Crippen LogP contribution in [0.1, 0.15) is 65.4 Å². The number of nitrogens with zero attached hydrogens (tertiary/aromatic N) is 2. The van der Waals surface area contributed by atoms with Crippen molar-refractivity contribution in [1.82, 2.24) is 14.5 Å². The molecule has 11 nitrogen and oxygen atoms in total. The molecular formula is C44H47N3O8. The van der Waals surface area contributed by atoms with E-state index in [1.54, 1.807) is 38.5 Å². The van der Waals surface area contributed by atoms with Gasteiger partial charge in [-0.25, -0.2) is 9.59 Å². The first kappa shape index (κ1) is 37.8. The van der Waals surface area contributed by atoms with E-state index >= 15 is 0 Å². The summed E-state index contributed by atoms with van der Waals surface area (Å²) in [7, 11) is 3.25. The summed E-state index contributed by atoms with van der Waals surface area (Å²) in [6.07, 6.45) is 5.94. The highest BCUT2D eigenvalue weighted by molar-refractivity contribution is 5.89. The summed E-state index contributed by atoms with van der Waals surface area (Å²) < 4.78 is 33.1. The Balaban J connectivity index is 1.36. The maximum atomic E-state index is 13.6. The van der Waals surface area contributed by atoms with Crippen LogP contribution in [0.2, 0.25) is 0 Å². The first-order valence-electron chi connectivity index (χ1n) is 18.8. The van der Waals surface area contributed by atoms with Crippen LogP contribution in [0.4, 0.5) is 0 Å². The summed E-state index contributed by atoms with van der Waals surface area (Å²) in [6, 6.07) is 35.8. The lowest BCUT2D eigenvalue weighted by Gasteiger charge is -2.50. The average molecular weight is 746 g/mol. The highest BCUT2D eigenvalue weighted by Crippen LogP contribution is 2.43. The molecule has 0 spiro atoms. The second-order valence-electron chi connectivity index (χ2n) is 14.2. The smallest absolute Gasteiger partial charge is 0.338 e. The molecule has 5 aromatic rings. The van der Waals surface area contributed by atoms with Gasteiger partial charge in [-0.1, -0.05) is 92.1 Å². The molecule has 2 atom stereocenters. The number of H-pyrrole nitrogens is 1. The highest BCUT2D eigenvalue weighted by atomic mass is 16.6. The molecule has 55 heavy (non-hydrogen) atoms. The fraction of sp³-hybridized carbons (Fsp3) is 0.341. The van der Waals surface area contributed by atoms with Gasteiger partial charge in [-0.3, -0.25) is 19.2 Å². The molecule has 0 bridgehead atoms. The van der Waals surface area contributed by atoms with Gasteiger partial charge >= 0.3 is 11.7 Å². The quantitative estimate of drug-likeness (QED) is 0.109. The van der Waals surface area contributed by atoms with Crippen LogP contribution < -0.4 is 20.7 Å². The molecule has 0 amide bonds. The Morgan fingerprint density at radius 2 is 1.35 bits per heavy atom. The van der Waals surface area contributed by atoms with Gasteiger partial charge < -0.3 is 23.7 Å². The Kier molecular flexibility index (Phi) is 11.6. The zero-order valence-electron chi connectivity index (χ0n) is 31.2. The molecule has 2 aliphatic rings. The summed E-state index contributed by atoms with van der Waals surface area (Å²) >= 11 is 0. The van der Waals surface area contributed by atoms with Crippen LogP contribution in [0, 0.1) is 0 Å². The number of aromatic amines is 1. The van der Waals surface area contributed by atoms with E-state index in [1.165, 1.54) is 16.8 Å². The summed E-state index contributed by atoms with van der Waals surface area (Å²) in [5.41, 5.74) is -0.648. The van der Waals surface area contributed by atoms with Crippen molar-refractivity contribution in [3.63, 3.8) is 0 Å². The Labute approximate surface area is 320 Å². The topological polar surface area (TPSA) is 121 Å². The van der Waals surface area contributed by atoms with Gasteiger partial charge in [-0.05, 0) is 65.9 Å². The molecule has 1 aliphatic carbocycles. The Morgan fingerprint density at radius 3 is 1.93 bits per heavy atom. The number of carbonyl (C=O) groups is 1. The van der Waals surface area contributed by atoms with E-state index < -0.39 is 34.6 Å². The monoisotopic (exact) mass is 745 g/mol. The lowest BCUT2D eigenvalue weighted by atomic mass is 9.79. The van der Waals surface area contributed by atoms with E-state index in [-0.39, 0.29) is 19.3 Å². The molecule has 2 fully saturated rings. The molecule has 0 radical (unpaired) electrons. The molecule has 1 saturated carbocycles. The molecule has 1 aliphatic heterocycles. The number of hydrogen-bond acceptors (Lipinski definition) is 9. The normalized spacial score (nSPS) is 19.4. The van der Waals surface area contributed by atoms with E-state index in [4.69, 9.17) is 23.7 Å². The number of carbonyl (C=O) groups excluding carboxylic acids is 1. The maximum absolute atomic E-state index is 13.6. The maximum Gasteiger partial charge on any atom is 0.338 e. The Bertz CT molecular complexity index is 2080. The van der Waals surface area contributed by atoms with Gasteiger partial charge in [-0.15, -0.1) is 0 Å². The number of benzene rings is 4. The van der Waals surface area contributed by atoms with Crippen LogP contribution in [0.15, 0.2) is 131 Å². The zero-order chi connectivity index (χ0) is 38.3. The summed E-state index contributed by atoms with van der Waals surface area (Å²) in [5.74, 6) is 0.881. The van der Waals surface area contributed by atoms with Gasteiger partial charge in [0.15, 0.2) is 6.23 Å². The fourth-order valence-electron chi connectivity index (χ4n) is 7.89. The molecule has 1 saturated heterocycles. The number of aromatic nitrogens is 2. The van der Waals surface area contributed by atoms with Crippen molar-refractivity contribution < 1.29 is 28.5 Å². The average Bonchev–Trinajstić information content (AvgIpc) is 3.24. The molecular weight excluding hydrogens is 698 g/mol. The number of rotatable bonds is 13. The molecule has 4 aromatic carbocycles. The Morgan fingerprint density at radius 1 is 0.764 bits per heavy atom. The van der Waals surface area contributed by atoms with Crippen LogP contribution >= 0.6 is 0 Å². The number of morpholine rings is 1. The van der Waals surface area contributed by atoms with Crippen molar-refractivity contribution in [1.29, 1.82) is 0 Å². The first-order valence-corrected chi connectivity index (χ1v) is 18.8. The van der Waals surface area contributed by atoms with Crippen LogP contribution in [-0.2, 0) is 19.8 Å². The second-order valence-corrected chi connectivity index (χ2v) is 14.2. The third-order valence-electron chi connectivity index (χ3n) is 10.7. The van der Waals surface area contributed by atoms with Crippen LogP contribution in [0.5, 0.6) is 11.5 Å². The van der Waals surface area contributed by atoms with Crippen LogP contribution in [0.25, 0.3) is 0 Å². The van der Waals surface area contributed by atoms with Gasteiger partial charge in [-0.2, -0.15) is 0 Å². The first-order chi connectivity index (χ1) is 26.8. The SMILES string of the molecule is COc1ccc(C(OC[C@@]2(COC(=O)c3ccccc3)CN(C3CCCCC3)C[C@H](n3ccc(=O)[nH]c3=O)O2)(c2ccccc2)c2ccc(OC)cc2)cc1. The van der Waals surface area contributed by atoms with Gasteiger partial charge in [0.2, 0.25) is 0 Å².